The molecule has 6 nitrogen and oxygen atoms in total. The summed E-state index contributed by atoms with van der Waals surface area (Å²) in [7, 11) is 0. The Labute approximate surface area is 104 Å². The number of carboxylic acid groups (broad SMARTS) is 1. The molecule has 6 heteroatoms. The molecule has 0 aliphatic carbocycles. The number of benzene rings is 1. The van der Waals surface area contributed by atoms with Gasteiger partial charge in [-0.15, -0.1) is 5.11 Å². The highest BCUT2D eigenvalue weighted by Crippen LogP contribution is 2.12. The first-order chi connectivity index (χ1) is 8.52. The van der Waals surface area contributed by atoms with Gasteiger partial charge in [-0.25, -0.2) is 4.79 Å². The van der Waals surface area contributed by atoms with E-state index in [2.05, 4.69) is 10.2 Å². The summed E-state index contributed by atoms with van der Waals surface area (Å²) in [5.41, 5.74) is 0.697. The number of aromatic hydroxyl groups is 1. The van der Waals surface area contributed by atoms with Crippen LogP contribution in [-0.2, 0) is 16.0 Å². The third kappa shape index (κ3) is 4.32. The maximum Gasteiger partial charge on any atom is 0.330 e. The fourth-order valence-electron chi connectivity index (χ4n) is 1.24. The van der Waals surface area contributed by atoms with Gasteiger partial charge in [-0.1, -0.05) is 19.1 Å². The van der Waals surface area contributed by atoms with Crippen LogP contribution in [0.5, 0.6) is 5.75 Å². The Morgan fingerprint density at radius 3 is 2.39 bits per heavy atom. The van der Waals surface area contributed by atoms with E-state index in [1.807, 2.05) is 0 Å². The second-order valence-corrected chi connectivity index (χ2v) is 3.69. The first-order valence-corrected chi connectivity index (χ1v) is 5.47. The van der Waals surface area contributed by atoms with Crippen LogP contribution in [0.1, 0.15) is 18.9 Å². The van der Waals surface area contributed by atoms with Gasteiger partial charge in [0.05, 0.1) is 0 Å². The molecule has 0 aliphatic rings. The van der Waals surface area contributed by atoms with Crippen LogP contribution in [0.25, 0.3) is 0 Å². The summed E-state index contributed by atoms with van der Waals surface area (Å²) in [6.07, 6.45) is 0.311. The molecule has 1 atom stereocenters. The number of nitrogens with zero attached hydrogens (tertiary/aromatic N) is 2. The van der Waals surface area contributed by atoms with Gasteiger partial charge >= 0.3 is 5.97 Å². The quantitative estimate of drug-likeness (QED) is 0.778. The minimum absolute atomic E-state index is 0.105. The fraction of sp³-hybridized carbons (Fsp3) is 0.333. The molecule has 0 saturated carbocycles. The molecule has 18 heavy (non-hydrogen) atoms. The molecular formula is C12H14N2O4. The number of carboxylic acids is 1. The molecule has 2 N–H and O–H groups in total. The number of phenols is 1. The molecule has 0 aromatic heterocycles. The van der Waals surface area contributed by atoms with Crippen LogP contribution in [0.4, 0.5) is 0 Å². The Hall–Kier alpha value is -2.24. The van der Waals surface area contributed by atoms with Gasteiger partial charge in [0.25, 0.3) is 5.91 Å². The first kappa shape index (κ1) is 13.8. The average molecular weight is 250 g/mol. The van der Waals surface area contributed by atoms with E-state index in [-0.39, 0.29) is 18.6 Å². The normalized spacial score (nSPS) is 12.5. The first-order valence-electron chi connectivity index (χ1n) is 5.47. The lowest BCUT2D eigenvalue weighted by Gasteiger charge is -2.06. The second-order valence-electron chi connectivity index (χ2n) is 3.69. The van der Waals surface area contributed by atoms with E-state index in [4.69, 9.17) is 10.2 Å². The molecular weight excluding hydrogens is 236 g/mol. The highest BCUT2D eigenvalue weighted by atomic mass is 16.4. The van der Waals surface area contributed by atoms with Crippen molar-refractivity contribution in [3.8, 4) is 5.75 Å². The molecule has 1 aromatic rings. The highest BCUT2D eigenvalue weighted by molar-refractivity contribution is 5.77. The van der Waals surface area contributed by atoms with Crippen molar-refractivity contribution in [1.82, 2.24) is 0 Å². The molecule has 0 fully saturated rings. The summed E-state index contributed by atoms with van der Waals surface area (Å²) in [6, 6.07) is 5.03. The average Bonchev–Trinajstić information content (AvgIpc) is 2.35. The molecule has 1 aromatic carbocycles. The molecule has 0 heterocycles. The summed E-state index contributed by atoms with van der Waals surface area (Å²) in [5, 5.41) is 24.9. The monoisotopic (exact) mass is 250 g/mol. The smallest absolute Gasteiger partial charge is 0.330 e. The Morgan fingerprint density at radius 1 is 1.28 bits per heavy atom. The topological polar surface area (TPSA) is 99.3 Å². The lowest BCUT2D eigenvalue weighted by Crippen LogP contribution is -2.20. The number of hydrogen-bond donors (Lipinski definition) is 2. The van der Waals surface area contributed by atoms with E-state index in [1.54, 1.807) is 19.1 Å². The molecule has 1 rings (SSSR count). The van der Waals surface area contributed by atoms with Crippen molar-refractivity contribution in [3.63, 3.8) is 0 Å². The summed E-state index contributed by atoms with van der Waals surface area (Å²) < 4.78 is 0. The zero-order valence-electron chi connectivity index (χ0n) is 9.91. The van der Waals surface area contributed by atoms with Crippen LogP contribution >= 0.6 is 0 Å². The van der Waals surface area contributed by atoms with Gasteiger partial charge in [0.2, 0.25) is 0 Å². The van der Waals surface area contributed by atoms with Crippen LogP contribution in [0, 0.1) is 0 Å². The van der Waals surface area contributed by atoms with Gasteiger partial charge in [0.1, 0.15) is 5.75 Å². The number of rotatable bonds is 5. The third-order valence-corrected chi connectivity index (χ3v) is 2.26. The summed E-state index contributed by atoms with van der Waals surface area (Å²) >= 11 is 0. The van der Waals surface area contributed by atoms with E-state index < -0.39 is 17.9 Å². The molecule has 0 radical (unpaired) electrons. The lowest BCUT2D eigenvalue weighted by atomic mass is 10.1. The molecule has 96 valence electrons. The lowest BCUT2D eigenvalue weighted by molar-refractivity contribution is -0.138. The van der Waals surface area contributed by atoms with Crippen molar-refractivity contribution in [2.24, 2.45) is 10.2 Å². The van der Waals surface area contributed by atoms with Crippen LogP contribution in [0.3, 0.4) is 0 Å². The van der Waals surface area contributed by atoms with Gasteiger partial charge in [-0.05, 0) is 17.7 Å². The minimum Gasteiger partial charge on any atom is -0.508 e. The van der Waals surface area contributed by atoms with E-state index in [0.717, 1.165) is 0 Å². The van der Waals surface area contributed by atoms with Gasteiger partial charge < -0.3 is 10.2 Å². The number of azo groups is 1. The SMILES string of the molecule is CCC(=O)N=N[C@@H](Cc1ccc(O)cc1)C(=O)O. The number of hydrogen-bond acceptors (Lipinski definition) is 4. The predicted molar refractivity (Wildman–Crippen MR) is 63.4 cm³/mol. The van der Waals surface area contributed by atoms with Crippen molar-refractivity contribution in [3.05, 3.63) is 29.8 Å². The molecule has 0 spiro atoms. The van der Waals surface area contributed by atoms with E-state index in [9.17, 15) is 9.59 Å². The highest BCUT2D eigenvalue weighted by Gasteiger charge is 2.17. The van der Waals surface area contributed by atoms with Gasteiger partial charge in [0.15, 0.2) is 6.04 Å². The summed E-state index contributed by atoms with van der Waals surface area (Å²) in [6.45, 7) is 1.62. The van der Waals surface area contributed by atoms with Crippen molar-refractivity contribution in [2.75, 3.05) is 0 Å². The Kier molecular flexibility index (Phi) is 4.98. The van der Waals surface area contributed by atoms with Crippen LogP contribution in [0.2, 0.25) is 0 Å². The number of carbonyl (C=O) groups is 2. The Balaban J connectivity index is 2.75. The minimum atomic E-state index is -1.14. The molecule has 0 unspecified atom stereocenters. The van der Waals surface area contributed by atoms with Crippen LogP contribution in [0.15, 0.2) is 34.5 Å². The van der Waals surface area contributed by atoms with Crippen LogP contribution in [-0.4, -0.2) is 28.1 Å². The second kappa shape index (κ2) is 6.48. The van der Waals surface area contributed by atoms with Crippen molar-refractivity contribution < 1.29 is 19.8 Å². The molecule has 0 aliphatic heterocycles. The van der Waals surface area contributed by atoms with Crippen molar-refractivity contribution in [1.29, 1.82) is 0 Å². The number of amides is 1. The Bertz CT molecular complexity index is 454. The van der Waals surface area contributed by atoms with E-state index in [0.29, 0.717) is 5.56 Å². The number of carbonyl (C=O) groups excluding carboxylic acids is 1. The van der Waals surface area contributed by atoms with E-state index in [1.165, 1.54) is 12.1 Å². The zero-order chi connectivity index (χ0) is 13.5. The Morgan fingerprint density at radius 2 is 1.89 bits per heavy atom. The molecule has 0 bridgehead atoms. The van der Waals surface area contributed by atoms with Gasteiger partial charge in [-0.3, -0.25) is 4.79 Å². The number of aliphatic carboxylic acids is 1. The zero-order valence-corrected chi connectivity index (χ0v) is 9.91. The van der Waals surface area contributed by atoms with Crippen molar-refractivity contribution in [2.45, 2.75) is 25.8 Å². The maximum absolute atomic E-state index is 11.0. The predicted octanol–water partition coefficient (Wildman–Crippen LogP) is 1.78. The van der Waals surface area contributed by atoms with E-state index >= 15 is 0 Å². The standard InChI is InChI=1S/C12H14N2O4/c1-2-11(16)14-13-10(12(17)18)7-8-3-5-9(15)6-4-8/h3-6,10,15H,2,7H2,1H3,(H,17,18)/t10-/m0/s1. The summed E-state index contributed by atoms with van der Waals surface area (Å²) in [4.78, 5) is 21.9. The van der Waals surface area contributed by atoms with Gasteiger partial charge in [0, 0.05) is 12.8 Å². The summed E-state index contributed by atoms with van der Waals surface area (Å²) in [5.74, 6) is -1.49. The fourth-order valence-corrected chi connectivity index (χ4v) is 1.24. The molecule has 0 saturated heterocycles. The third-order valence-electron chi connectivity index (χ3n) is 2.26. The maximum atomic E-state index is 11.0. The van der Waals surface area contributed by atoms with Crippen molar-refractivity contribution >= 4 is 11.9 Å². The largest absolute Gasteiger partial charge is 0.508 e. The van der Waals surface area contributed by atoms with Gasteiger partial charge in [-0.2, -0.15) is 5.11 Å². The van der Waals surface area contributed by atoms with Crippen LogP contribution < -0.4 is 0 Å². The number of phenolic OH excluding ortho intramolecular Hbond substituents is 1. The molecule has 1 amide bonds.